The van der Waals surface area contributed by atoms with Gasteiger partial charge in [0.25, 0.3) is 5.91 Å². The van der Waals surface area contributed by atoms with Crippen molar-refractivity contribution in [1.29, 1.82) is 0 Å². The van der Waals surface area contributed by atoms with Gasteiger partial charge in [-0.25, -0.2) is 4.98 Å². The minimum Gasteiger partial charge on any atom is -0.495 e. The summed E-state index contributed by atoms with van der Waals surface area (Å²) in [5, 5.41) is 3.22. The van der Waals surface area contributed by atoms with Crippen LogP contribution in [0.25, 0.3) is 16.7 Å². The molecule has 1 aliphatic carbocycles. The molecule has 1 fully saturated rings. The third kappa shape index (κ3) is 3.49. The molecular weight excluding hydrogens is 350 g/mol. The largest absolute Gasteiger partial charge is 0.495 e. The van der Waals surface area contributed by atoms with Crippen molar-refractivity contribution < 1.29 is 9.53 Å². The molecule has 1 aromatic heterocycles. The topological polar surface area (TPSA) is 56.2 Å². The molecule has 2 unspecified atom stereocenters. The van der Waals surface area contributed by atoms with Gasteiger partial charge in [-0.3, -0.25) is 9.36 Å². The van der Waals surface area contributed by atoms with Gasteiger partial charge in [0.05, 0.1) is 23.8 Å². The molecular formula is C23H27N3O2. The molecule has 1 amide bonds. The number of amides is 1. The van der Waals surface area contributed by atoms with Crippen LogP contribution in [0.1, 0.15) is 48.5 Å². The molecule has 0 aliphatic heterocycles. The quantitative estimate of drug-likeness (QED) is 0.720. The van der Waals surface area contributed by atoms with Crippen LogP contribution < -0.4 is 10.1 Å². The number of methoxy groups -OCH3 is 1. The molecule has 1 aliphatic rings. The van der Waals surface area contributed by atoms with Gasteiger partial charge in [-0.15, -0.1) is 0 Å². The maximum absolute atomic E-state index is 12.8. The lowest BCUT2D eigenvalue weighted by Crippen LogP contribution is -2.41. The van der Waals surface area contributed by atoms with E-state index in [4.69, 9.17) is 4.74 Å². The van der Waals surface area contributed by atoms with Crippen LogP contribution in [0, 0.1) is 12.8 Å². The van der Waals surface area contributed by atoms with Crippen LogP contribution in [-0.4, -0.2) is 28.6 Å². The first-order valence-electron chi connectivity index (χ1n) is 10.00. The average molecular weight is 377 g/mol. The van der Waals surface area contributed by atoms with Crippen molar-refractivity contribution in [2.24, 2.45) is 5.92 Å². The van der Waals surface area contributed by atoms with Crippen LogP contribution in [0.15, 0.2) is 42.7 Å². The highest BCUT2D eigenvalue weighted by Gasteiger charge is 2.23. The molecule has 0 bridgehead atoms. The van der Waals surface area contributed by atoms with Crippen LogP contribution in [0.4, 0.5) is 0 Å². The Morgan fingerprint density at radius 1 is 1.18 bits per heavy atom. The predicted molar refractivity (Wildman–Crippen MR) is 111 cm³/mol. The predicted octanol–water partition coefficient (Wildman–Crippen LogP) is 4.65. The van der Waals surface area contributed by atoms with E-state index < -0.39 is 0 Å². The van der Waals surface area contributed by atoms with Gasteiger partial charge in [0.1, 0.15) is 12.1 Å². The van der Waals surface area contributed by atoms with Gasteiger partial charge >= 0.3 is 0 Å². The second-order valence-corrected chi connectivity index (χ2v) is 7.84. The highest BCUT2D eigenvalue weighted by Crippen LogP contribution is 2.28. The number of carbonyl (C=O) groups is 1. The average Bonchev–Trinajstić information content (AvgIpc) is 3.12. The van der Waals surface area contributed by atoms with Crippen molar-refractivity contribution in [3.63, 3.8) is 0 Å². The van der Waals surface area contributed by atoms with Gasteiger partial charge in [0, 0.05) is 11.6 Å². The zero-order valence-corrected chi connectivity index (χ0v) is 16.7. The van der Waals surface area contributed by atoms with E-state index in [1.54, 1.807) is 13.4 Å². The van der Waals surface area contributed by atoms with E-state index in [2.05, 4.69) is 30.2 Å². The minimum atomic E-state index is -0.0108. The van der Waals surface area contributed by atoms with Crippen molar-refractivity contribution in [3.05, 3.63) is 53.9 Å². The Balaban J connectivity index is 1.63. The van der Waals surface area contributed by atoms with Crippen molar-refractivity contribution in [3.8, 4) is 11.4 Å². The summed E-state index contributed by atoms with van der Waals surface area (Å²) in [6.07, 6.45) is 6.49. The lowest BCUT2D eigenvalue weighted by molar-refractivity contribution is 0.0910. The number of carbonyl (C=O) groups excluding carboxylic acids is 1. The highest BCUT2D eigenvalue weighted by molar-refractivity contribution is 5.97. The molecule has 0 saturated heterocycles. The van der Waals surface area contributed by atoms with Gasteiger partial charge in [-0.05, 0) is 61.6 Å². The molecule has 2 atom stereocenters. The molecule has 1 N–H and O–H groups in total. The smallest absolute Gasteiger partial charge is 0.251 e. The Morgan fingerprint density at radius 2 is 2.00 bits per heavy atom. The summed E-state index contributed by atoms with van der Waals surface area (Å²) < 4.78 is 7.52. The summed E-state index contributed by atoms with van der Waals surface area (Å²) in [4.78, 5) is 17.3. The number of nitrogens with one attached hydrogen (secondary N) is 1. The number of fused-ring (bicyclic) bond motifs is 1. The first-order chi connectivity index (χ1) is 13.6. The second-order valence-electron chi connectivity index (χ2n) is 7.84. The number of benzene rings is 2. The van der Waals surface area contributed by atoms with Crippen molar-refractivity contribution in [2.75, 3.05) is 7.11 Å². The molecule has 5 heteroatoms. The fourth-order valence-electron chi connectivity index (χ4n) is 4.12. The van der Waals surface area contributed by atoms with E-state index in [0.717, 1.165) is 34.5 Å². The Labute approximate surface area is 165 Å². The summed E-state index contributed by atoms with van der Waals surface area (Å²) in [6, 6.07) is 12.0. The second kappa shape index (κ2) is 7.66. The van der Waals surface area contributed by atoms with Crippen LogP contribution in [0.2, 0.25) is 0 Å². The van der Waals surface area contributed by atoms with Crippen molar-refractivity contribution >= 4 is 16.9 Å². The van der Waals surface area contributed by atoms with Gasteiger partial charge in [0.2, 0.25) is 0 Å². The van der Waals surface area contributed by atoms with E-state index in [1.807, 2.05) is 34.9 Å². The molecule has 28 heavy (non-hydrogen) atoms. The summed E-state index contributed by atoms with van der Waals surface area (Å²) in [7, 11) is 1.67. The fourth-order valence-corrected chi connectivity index (χ4v) is 4.12. The zero-order chi connectivity index (χ0) is 19.7. The first kappa shape index (κ1) is 18.5. The van der Waals surface area contributed by atoms with Crippen LogP contribution >= 0.6 is 0 Å². The van der Waals surface area contributed by atoms with Crippen molar-refractivity contribution in [1.82, 2.24) is 14.9 Å². The molecule has 5 nitrogen and oxygen atoms in total. The standard InChI is InChI=1S/C23H27N3O2/c1-15-8-11-22(28-3)21(12-15)26-14-24-19-13-17(9-10-20(19)26)23(27)25-18-7-5-4-6-16(18)2/h8-14,16,18H,4-7H2,1-3H3,(H,25,27). The molecule has 146 valence electrons. The molecule has 1 heterocycles. The van der Waals surface area contributed by atoms with Gasteiger partial charge < -0.3 is 10.1 Å². The van der Waals surface area contributed by atoms with E-state index >= 15 is 0 Å². The highest BCUT2D eigenvalue weighted by atomic mass is 16.5. The van der Waals surface area contributed by atoms with E-state index in [-0.39, 0.29) is 11.9 Å². The number of ether oxygens (including phenoxy) is 1. The maximum Gasteiger partial charge on any atom is 0.251 e. The minimum absolute atomic E-state index is 0.0108. The molecule has 4 rings (SSSR count). The molecule has 3 aromatic rings. The molecule has 1 saturated carbocycles. The Hall–Kier alpha value is -2.82. The third-order valence-corrected chi connectivity index (χ3v) is 5.83. The number of rotatable bonds is 4. The summed E-state index contributed by atoms with van der Waals surface area (Å²) in [6.45, 7) is 4.28. The number of aryl methyl sites for hydroxylation is 1. The lowest BCUT2D eigenvalue weighted by atomic mass is 9.86. The number of hydrogen-bond donors (Lipinski definition) is 1. The summed E-state index contributed by atoms with van der Waals surface area (Å²) in [5.74, 6) is 1.32. The monoisotopic (exact) mass is 377 g/mol. The molecule has 0 spiro atoms. The fraction of sp³-hybridized carbons (Fsp3) is 0.391. The Kier molecular flexibility index (Phi) is 5.07. The number of aromatic nitrogens is 2. The Bertz CT molecular complexity index is 1010. The van der Waals surface area contributed by atoms with Crippen LogP contribution in [0.3, 0.4) is 0 Å². The first-order valence-corrected chi connectivity index (χ1v) is 10.00. The van der Waals surface area contributed by atoms with Crippen LogP contribution in [0.5, 0.6) is 5.75 Å². The van der Waals surface area contributed by atoms with Gasteiger partial charge in [0.15, 0.2) is 0 Å². The molecule has 0 radical (unpaired) electrons. The van der Waals surface area contributed by atoms with Crippen LogP contribution in [-0.2, 0) is 0 Å². The Morgan fingerprint density at radius 3 is 2.79 bits per heavy atom. The lowest BCUT2D eigenvalue weighted by Gasteiger charge is -2.29. The van der Waals surface area contributed by atoms with Crippen molar-refractivity contribution in [2.45, 2.75) is 45.6 Å². The molecule has 2 aromatic carbocycles. The maximum atomic E-state index is 12.8. The SMILES string of the molecule is COc1ccc(C)cc1-n1cnc2cc(C(=O)NC3CCCCC3C)ccc21. The number of nitrogens with zero attached hydrogens (tertiary/aromatic N) is 2. The summed E-state index contributed by atoms with van der Waals surface area (Å²) in [5.41, 5.74) is 4.50. The third-order valence-electron chi connectivity index (χ3n) is 5.83. The number of imidazole rings is 1. The van der Waals surface area contributed by atoms with E-state index in [9.17, 15) is 4.79 Å². The normalized spacial score (nSPS) is 19.5. The van der Waals surface area contributed by atoms with E-state index in [1.165, 1.54) is 19.3 Å². The number of hydrogen-bond acceptors (Lipinski definition) is 3. The van der Waals surface area contributed by atoms with Gasteiger partial charge in [-0.2, -0.15) is 0 Å². The zero-order valence-electron chi connectivity index (χ0n) is 16.7. The van der Waals surface area contributed by atoms with E-state index in [0.29, 0.717) is 11.5 Å². The summed E-state index contributed by atoms with van der Waals surface area (Å²) >= 11 is 0. The van der Waals surface area contributed by atoms with Gasteiger partial charge in [-0.1, -0.05) is 25.8 Å².